The zero-order valence-corrected chi connectivity index (χ0v) is 14.5. The lowest BCUT2D eigenvalue weighted by molar-refractivity contribution is -0.597. The third kappa shape index (κ3) is 6.19. The lowest BCUT2D eigenvalue weighted by atomic mass is 10.3. The lowest BCUT2D eigenvalue weighted by Gasteiger charge is -2.07. The molecule has 1 aromatic heterocycles. The predicted molar refractivity (Wildman–Crippen MR) is 79.0 cm³/mol. The van der Waals surface area contributed by atoms with Crippen molar-refractivity contribution in [2.45, 2.75) is 6.18 Å². The van der Waals surface area contributed by atoms with Crippen molar-refractivity contribution >= 4 is 0 Å². The quantitative estimate of drug-likeness (QED) is 0.555. The van der Waals surface area contributed by atoms with Crippen molar-refractivity contribution in [1.29, 1.82) is 0 Å². The Bertz CT molecular complexity index is 694. The van der Waals surface area contributed by atoms with Crippen molar-refractivity contribution in [3.63, 3.8) is 0 Å². The molecule has 0 unspecified atom stereocenters. The maximum absolute atomic E-state index is 11.8. The molecule has 124 valence electrons. The lowest BCUT2D eigenvalue weighted by Crippen LogP contribution is -3.61. The molecule has 0 bridgehead atoms. The van der Waals surface area contributed by atoms with Gasteiger partial charge in [0.2, 0.25) is 0 Å². The van der Waals surface area contributed by atoms with Crippen LogP contribution in [0.4, 0.5) is 13.2 Å². The van der Waals surface area contributed by atoms with E-state index in [4.69, 9.17) is 0 Å². The molecule has 2 aromatic carbocycles. The summed E-state index contributed by atoms with van der Waals surface area (Å²) in [6.07, 6.45) is -3.90. The van der Waals surface area contributed by atoms with E-state index >= 15 is 0 Å². The molecule has 0 atom stereocenters. The van der Waals surface area contributed by atoms with Crippen molar-refractivity contribution in [3.05, 3.63) is 91.7 Å². The summed E-state index contributed by atoms with van der Waals surface area (Å²) in [5, 5.41) is 10.3. The van der Waals surface area contributed by atoms with Crippen LogP contribution in [0.2, 0.25) is 0 Å². The molecule has 0 saturated carbocycles. The standard InChI is InChI=1S/C12H10I.C6H4F3NO/c1-3-7-11(8-4-1)13-12-9-5-2-6-10-12;7-6(8,9)4-1-2-5(11)10-3-4/h1-10H;1-3H,(H,10,11)/q+1;/p-1. The van der Waals surface area contributed by atoms with Crippen LogP contribution in [-0.4, -0.2) is 4.98 Å². The number of aromatic nitrogens is 1. The van der Waals surface area contributed by atoms with Gasteiger partial charge >= 0.3 is 27.4 Å². The van der Waals surface area contributed by atoms with Crippen LogP contribution in [0.5, 0.6) is 5.88 Å². The number of hydrogen-bond acceptors (Lipinski definition) is 2. The van der Waals surface area contributed by atoms with Gasteiger partial charge in [-0.2, -0.15) is 13.2 Å². The summed E-state index contributed by atoms with van der Waals surface area (Å²) in [7, 11) is 0. The maximum atomic E-state index is 11.8. The van der Waals surface area contributed by atoms with Crippen LogP contribution in [0.15, 0.2) is 79.0 Å². The first-order valence-corrected chi connectivity index (χ1v) is 9.06. The molecule has 0 radical (unpaired) electrons. The Morgan fingerprint density at radius 2 is 1.25 bits per heavy atom. The minimum Gasteiger partial charge on any atom is -0.859 e. The van der Waals surface area contributed by atoms with E-state index in [1.165, 1.54) is 7.14 Å². The highest BCUT2D eigenvalue weighted by atomic mass is 127. The monoisotopic (exact) mass is 443 g/mol. The number of alkyl halides is 3. The summed E-state index contributed by atoms with van der Waals surface area (Å²) in [6, 6.07) is 22.9. The zero-order chi connectivity index (χ0) is 17.4. The summed E-state index contributed by atoms with van der Waals surface area (Å²) in [4.78, 5) is 2.97. The Morgan fingerprint density at radius 3 is 1.62 bits per heavy atom. The van der Waals surface area contributed by atoms with Crippen molar-refractivity contribution < 1.29 is 39.5 Å². The van der Waals surface area contributed by atoms with E-state index in [2.05, 4.69) is 65.6 Å². The third-order valence-electron chi connectivity index (χ3n) is 2.75. The molecule has 0 fully saturated rings. The summed E-state index contributed by atoms with van der Waals surface area (Å²) in [6.45, 7) is 0. The fraction of sp³-hybridized carbons (Fsp3) is 0.0556. The van der Waals surface area contributed by atoms with Gasteiger partial charge in [-0.05, 0) is 36.2 Å². The van der Waals surface area contributed by atoms with Gasteiger partial charge in [0, 0.05) is 6.20 Å². The normalized spacial score (nSPS) is 10.6. The molecule has 0 aliphatic carbocycles. The molecular weight excluding hydrogens is 430 g/mol. The number of halogens is 4. The Hall–Kier alpha value is -2.09. The average molecular weight is 443 g/mol. The second-order valence-corrected chi connectivity index (χ2v) is 7.60. The maximum Gasteiger partial charge on any atom is 0.417 e. The van der Waals surface area contributed by atoms with E-state index in [-0.39, 0.29) is 21.2 Å². The van der Waals surface area contributed by atoms with Crippen LogP contribution in [0.3, 0.4) is 0 Å². The fourth-order valence-electron chi connectivity index (χ4n) is 1.63. The minimum atomic E-state index is -4.42. The molecule has 3 aromatic rings. The predicted octanol–water partition coefficient (Wildman–Crippen LogP) is 0.989. The molecule has 0 spiro atoms. The third-order valence-corrected chi connectivity index (χ3v) is 5.43. The number of benzene rings is 2. The van der Waals surface area contributed by atoms with E-state index in [9.17, 15) is 18.3 Å². The van der Waals surface area contributed by atoms with Gasteiger partial charge in [0.1, 0.15) is 0 Å². The topological polar surface area (TPSA) is 36.0 Å². The Balaban J connectivity index is 0.000000177. The fourth-order valence-corrected chi connectivity index (χ4v) is 3.90. The highest BCUT2D eigenvalue weighted by Crippen LogP contribution is 2.28. The molecule has 6 heteroatoms. The van der Waals surface area contributed by atoms with Gasteiger partial charge < -0.3 is 5.11 Å². The van der Waals surface area contributed by atoms with Crippen LogP contribution in [-0.2, 0) is 6.18 Å². The molecular formula is C18H13F3INO. The van der Waals surface area contributed by atoms with E-state index in [0.29, 0.717) is 12.3 Å². The molecule has 0 aliphatic rings. The highest BCUT2D eigenvalue weighted by molar-refractivity contribution is 5.18. The van der Waals surface area contributed by atoms with Gasteiger partial charge in [-0.15, -0.1) is 0 Å². The molecule has 3 rings (SSSR count). The van der Waals surface area contributed by atoms with Gasteiger partial charge in [0.25, 0.3) is 0 Å². The molecule has 1 heterocycles. The molecule has 24 heavy (non-hydrogen) atoms. The van der Waals surface area contributed by atoms with Gasteiger partial charge in [-0.3, -0.25) is 4.98 Å². The number of nitrogens with zero attached hydrogens (tertiary/aromatic N) is 1. The summed E-state index contributed by atoms with van der Waals surface area (Å²) >= 11 is 0.0287. The number of hydrogen-bond donors (Lipinski definition) is 0. The first kappa shape index (κ1) is 18.3. The largest absolute Gasteiger partial charge is 0.859 e. The highest BCUT2D eigenvalue weighted by Gasteiger charge is 2.30. The van der Waals surface area contributed by atoms with E-state index in [1.54, 1.807) is 0 Å². The molecule has 0 aliphatic heterocycles. The van der Waals surface area contributed by atoms with Gasteiger partial charge in [-0.1, -0.05) is 42.5 Å². The van der Waals surface area contributed by atoms with Gasteiger partial charge in [0.05, 0.1) is 5.56 Å². The van der Waals surface area contributed by atoms with Crippen LogP contribution >= 0.6 is 0 Å². The van der Waals surface area contributed by atoms with E-state index in [0.717, 1.165) is 6.07 Å². The average Bonchev–Trinajstić information content (AvgIpc) is 2.57. The van der Waals surface area contributed by atoms with E-state index < -0.39 is 17.6 Å². The summed E-state index contributed by atoms with van der Waals surface area (Å²) in [5.74, 6) is -0.669. The smallest absolute Gasteiger partial charge is 0.417 e. The van der Waals surface area contributed by atoms with Crippen molar-refractivity contribution in [1.82, 2.24) is 4.98 Å². The van der Waals surface area contributed by atoms with Crippen molar-refractivity contribution in [2.75, 3.05) is 0 Å². The zero-order valence-electron chi connectivity index (χ0n) is 12.4. The molecule has 0 N–H and O–H groups in total. The Labute approximate surface area is 148 Å². The van der Waals surface area contributed by atoms with Crippen LogP contribution in [0, 0.1) is 7.14 Å². The first-order chi connectivity index (χ1) is 11.4. The van der Waals surface area contributed by atoms with Crippen molar-refractivity contribution in [3.8, 4) is 5.88 Å². The van der Waals surface area contributed by atoms with Crippen LogP contribution in [0.25, 0.3) is 0 Å². The summed E-state index contributed by atoms with van der Waals surface area (Å²) < 4.78 is 38.3. The van der Waals surface area contributed by atoms with Crippen LogP contribution < -0.4 is 26.3 Å². The second-order valence-electron chi connectivity index (χ2n) is 4.57. The first-order valence-electron chi connectivity index (χ1n) is 6.90. The molecule has 2 nitrogen and oxygen atoms in total. The second kappa shape index (κ2) is 8.68. The van der Waals surface area contributed by atoms with E-state index in [1.807, 2.05) is 0 Å². The minimum absolute atomic E-state index is 0.0287. The van der Waals surface area contributed by atoms with Gasteiger partial charge in [0.15, 0.2) is 7.14 Å². The molecule has 0 saturated heterocycles. The number of rotatable bonds is 2. The number of pyridine rings is 1. The Kier molecular flexibility index (Phi) is 6.60. The molecule has 0 amide bonds. The van der Waals surface area contributed by atoms with Crippen LogP contribution in [0.1, 0.15) is 5.56 Å². The Morgan fingerprint density at radius 1 is 0.750 bits per heavy atom. The SMILES string of the molecule is [O-]c1ccc(C(F)(F)F)cn1.c1ccc([I+]c2ccccc2)cc1. The van der Waals surface area contributed by atoms with Crippen molar-refractivity contribution in [2.24, 2.45) is 0 Å². The summed E-state index contributed by atoms with van der Waals surface area (Å²) in [5.41, 5.74) is -0.905. The van der Waals surface area contributed by atoms with Gasteiger partial charge in [-0.25, -0.2) is 0 Å².